The number of aromatic amines is 1. The summed E-state index contributed by atoms with van der Waals surface area (Å²) in [5.41, 5.74) is 2.34. The highest BCUT2D eigenvalue weighted by atomic mass is 32.1. The van der Waals surface area contributed by atoms with E-state index in [-0.39, 0.29) is 0 Å². The Bertz CT molecular complexity index is 483. The van der Waals surface area contributed by atoms with Crippen molar-refractivity contribution in [2.24, 2.45) is 0 Å². The van der Waals surface area contributed by atoms with Crippen molar-refractivity contribution >= 4 is 17.2 Å². The van der Waals surface area contributed by atoms with Crippen LogP contribution in [-0.4, -0.2) is 29.3 Å². The molecule has 3 N–H and O–H groups in total. The molecule has 1 unspecified atom stereocenters. The number of nitrogens with zero attached hydrogens (tertiary/aromatic N) is 1. The molecule has 4 nitrogen and oxygen atoms in total. The topological polar surface area (TPSA) is 52.7 Å². The van der Waals surface area contributed by atoms with E-state index in [4.69, 9.17) is 0 Å². The molecule has 3 heterocycles. The normalized spacial score (nSPS) is 19.7. The predicted octanol–water partition coefficient (Wildman–Crippen LogP) is 2.22. The first kappa shape index (κ1) is 10.8. The van der Waals surface area contributed by atoms with Crippen LogP contribution >= 0.6 is 11.3 Å². The summed E-state index contributed by atoms with van der Waals surface area (Å²) in [4.78, 5) is 1.24. The molecule has 0 saturated carbocycles. The Morgan fingerprint density at radius 2 is 2.47 bits per heavy atom. The molecule has 1 aliphatic heterocycles. The number of aromatic nitrogens is 2. The third-order valence-electron chi connectivity index (χ3n) is 3.18. The lowest BCUT2D eigenvalue weighted by molar-refractivity contribution is 0.785. The zero-order chi connectivity index (χ0) is 11.7. The standard InChI is InChI=1S/C12H16N4S/c1-8-11(10-3-2-6-17-10)15-16-12(8)14-9-4-5-13-7-9/h2-3,6,9,13H,4-5,7H2,1H3,(H2,14,15,16). The largest absolute Gasteiger partial charge is 0.364 e. The highest BCUT2D eigenvalue weighted by molar-refractivity contribution is 7.13. The Hall–Kier alpha value is -1.33. The van der Waals surface area contributed by atoms with Crippen molar-refractivity contribution in [3.05, 3.63) is 23.1 Å². The highest BCUT2D eigenvalue weighted by Gasteiger charge is 2.18. The summed E-state index contributed by atoms with van der Waals surface area (Å²) in [6.45, 7) is 4.24. The van der Waals surface area contributed by atoms with Crippen LogP contribution < -0.4 is 10.6 Å². The maximum atomic E-state index is 4.38. The first-order chi connectivity index (χ1) is 8.34. The van der Waals surface area contributed by atoms with Gasteiger partial charge in [-0.1, -0.05) is 6.07 Å². The summed E-state index contributed by atoms with van der Waals surface area (Å²) < 4.78 is 0. The van der Waals surface area contributed by atoms with Gasteiger partial charge in [0.15, 0.2) is 5.82 Å². The minimum absolute atomic E-state index is 0.508. The monoisotopic (exact) mass is 248 g/mol. The molecule has 0 radical (unpaired) electrons. The maximum absolute atomic E-state index is 4.38. The van der Waals surface area contributed by atoms with E-state index in [2.05, 4.69) is 45.3 Å². The van der Waals surface area contributed by atoms with Gasteiger partial charge in [0.2, 0.25) is 0 Å². The summed E-state index contributed by atoms with van der Waals surface area (Å²) >= 11 is 1.73. The van der Waals surface area contributed by atoms with Crippen molar-refractivity contribution in [3.63, 3.8) is 0 Å². The second-order valence-corrected chi connectivity index (χ2v) is 5.33. The van der Waals surface area contributed by atoms with Gasteiger partial charge in [0, 0.05) is 18.2 Å². The fourth-order valence-corrected chi connectivity index (χ4v) is 2.95. The first-order valence-corrected chi connectivity index (χ1v) is 6.78. The van der Waals surface area contributed by atoms with Crippen molar-refractivity contribution in [1.29, 1.82) is 0 Å². The second kappa shape index (κ2) is 4.50. The van der Waals surface area contributed by atoms with Gasteiger partial charge >= 0.3 is 0 Å². The fraction of sp³-hybridized carbons (Fsp3) is 0.417. The highest BCUT2D eigenvalue weighted by Crippen LogP contribution is 2.29. The minimum atomic E-state index is 0.508. The van der Waals surface area contributed by atoms with Crippen LogP contribution in [0.2, 0.25) is 0 Å². The molecule has 5 heteroatoms. The maximum Gasteiger partial charge on any atom is 0.151 e. The lowest BCUT2D eigenvalue weighted by Gasteiger charge is -2.10. The summed E-state index contributed by atoms with van der Waals surface area (Å²) in [6.07, 6.45) is 1.17. The molecule has 90 valence electrons. The molecule has 1 saturated heterocycles. The molecule has 1 fully saturated rings. The Morgan fingerprint density at radius 1 is 1.53 bits per heavy atom. The van der Waals surface area contributed by atoms with Gasteiger partial charge in [-0.05, 0) is 31.3 Å². The van der Waals surface area contributed by atoms with E-state index in [1.807, 2.05) is 0 Å². The average molecular weight is 248 g/mol. The quantitative estimate of drug-likeness (QED) is 0.780. The van der Waals surface area contributed by atoms with Gasteiger partial charge < -0.3 is 10.6 Å². The van der Waals surface area contributed by atoms with Crippen molar-refractivity contribution in [3.8, 4) is 10.6 Å². The minimum Gasteiger partial charge on any atom is -0.364 e. The van der Waals surface area contributed by atoms with Gasteiger partial charge in [0.1, 0.15) is 0 Å². The van der Waals surface area contributed by atoms with Gasteiger partial charge in [-0.15, -0.1) is 11.3 Å². The molecule has 0 bridgehead atoms. The Morgan fingerprint density at radius 3 is 3.18 bits per heavy atom. The Labute approximate surface area is 104 Å². The Balaban J connectivity index is 1.82. The molecule has 1 atom stereocenters. The van der Waals surface area contributed by atoms with Gasteiger partial charge in [0.05, 0.1) is 10.6 Å². The number of thiophene rings is 1. The molecule has 0 aromatic carbocycles. The molecule has 17 heavy (non-hydrogen) atoms. The van der Waals surface area contributed by atoms with Crippen molar-refractivity contribution in [2.75, 3.05) is 18.4 Å². The van der Waals surface area contributed by atoms with Gasteiger partial charge in [-0.2, -0.15) is 5.10 Å². The number of anilines is 1. The lowest BCUT2D eigenvalue weighted by atomic mass is 10.2. The van der Waals surface area contributed by atoms with E-state index in [0.717, 1.165) is 24.6 Å². The van der Waals surface area contributed by atoms with E-state index >= 15 is 0 Å². The number of hydrogen-bond acceptors (Lipinski definition) is 4. The van der Waals surface area contributed by atoms with Crippen molar-refractivity contribution in [2.45, 2.75) is 19.4 Å². The number of hydrogen-bond donors (Lipinski definition) is 3. The van der Waals surface area contributed by atoms with Crippen LogP contribution in [0.15, 0.2) is 17.5 Å². The van der Waals surface area contributed by atoms with Crippen LogP contribution in [0.3, 0.4) is 0 Å². The number of nitrogens with one attached hydrogen (secondary N) is 3. The third kappa shape index (κ3) is 2.08. The molecule has 2 aromatic heterocycles. The molecule has 2 aromatic rings. The Kier molecular flexibility index (Phi) is 2.86. The third-order valence-corrected chi connectivity index (χ3v) is 4.07. The molecule has 0 spiro atoms. The van der Waals surface area contributed by atoms with E-state index in [1.165, 1.54) is 16.9 Å². The van der Waals surface area contributed by atoms with Crippen LogP contribution in [-0.2, 0) is 0 Å². The van der Waals surface area contributed by atoms with Gasteiger partial charge in [0.25, 0.3) is 0 Å². The van der Waals surface area contributed by atoms with E-state index in [9.17, 15) is 0 Å². The van der Waals surface area contributed by atoms with E-state index < -0.39 is 0 Å². The zero-order valence-electron chi connectivity index (χ0n) is 9.79. The average Bonchev–Trinajstić information content (AvgIpc) is 3.03. The molecular weight excluding hydrogens is 232 g/mol. The molecular formula is C12H16N4S. The molecule has 3 rings (SSSR count). The van der Waals surface area contributed by atoms with E-state index in [0.29, 0.717) is 6.04 Å². The summed E-state index contributed by atoms with van der Waals surface area (Å²) in [6, 6.07) is 4.69. The van der Waals surface area contributed by atoms with Crippen molar-refractivity contribution < 1.29 is 0 Å². The molecule has 0 amide bonds. The lowest BCUT2D eigenvalue weighted by Crippen LogP contribution is -2.22. The smallest absolute Gasteiger partial charge is 0.151 e. The van der Waals surface area contributed by atoms with Gasteiger partial charge in [-0.25, -0.2) is 0 Å². The molecule has 0 aliphatic carbocycles. The summed E-state index contributed by atoms with van der Waals surface area (Å²) in [7, 11) is 0. The van der Waals surface area contributed by atoms with Crippen LogP contribution in [0.25, 0.3) is 10.6 Å². The summed E-state index contributed by atoms with van der Waals surface area (Å²) in [5, 5.41) is 16.4. The van der Waals surface area contributed by atoms with Crippen molar-refractivity contribution in [1.82, 2.24) is 15.5 Å². The van der Waals surface area contributed by atoms with Crippen LogP contribution in [0.5, 0.6) is 0 Å². The summed E-state index contributed by atoms with van der Waals surface area (Å²) in [5.74, 6) is 0.988. The fourth-order valence-electron chi connectivity index (χ4n) is 2.17. The van der Waals surface area contributed by atoms with Gasteiger partial charge in [-0.3, -0.25) is 5.10 Å². The van der Waals surface area contributed by atoms with Crippen LogP contribution in [0.1, 0.15) is 12.0 Å². The van der Waals surface area contributed by atoms with E-state index in [1.54, 1.807) is 11.3 Å². The van der Waals surface area contributed by atoms with Crippen LogP contribution in [0.4, 0.5) is 5.82 Å². The second-order valence-electron chi connectivity index (χ2n) is 4.38. The SMILES string of the molecule is Cc1c(NC2CCNC2)n[nH]c1-c1cccs1. The zero-order valence-corrected chi connectivity index (χ0v) is 10.6. The predicted molar refractivity (Wildman–Crippen MR) is 71.5 cm³/mol. The molecule has 1 aliphatic rings. The number of rotatable bonds is 3. The number of H-pyrrole nitrogens is 1. The first-order valence-electron chi connectivity index (χ1n) is 5.90. The van der Waals surface area contributed by atoms with Crippen LogP contribution in [0, 0.1) is 6.92 Å².